The van der Waals surface area contributed by atoms with Crippen LogP contribution in [0.15, 0.2) is 30.3 Å². The van der Waals surface area contributed by atoms with Crippen molar-refractivity contribution < 1.29 is 29.4 Å². The van der Waals surface area contributed by atoms with Crippen LogP contribution in [0.25, 0.3) is 0 Å². The first-order chi connectivity index (χ1) is 17.1. The van der Waals surface area contributed by atoms with Crippen molar-refractivity contribution in [3.8, 4) is 0 Å². The summed E-state index contributed by atoms with van der Waals surface area (Å²) in [7, 11) is 0. The van der Waals surface area contributed by atoms with Crippen LogP contribution in [0.1, 0.15) is 38.2 Å². The minimum absolute atomic E-state index is 0.0246. The normalized spacial score (nSPS) is 15.1. The van der Waals surface area contributed by atoms with Gasteiger partial charge in [0, 0.05) is 6.42 Å². The predicted octanol–water partition coefficient (Wildman–Crippen LogP) is -0.642. The number of carboxylic acid groups (broad SMARTS) is 1. The molecule has 12 heteroatoms. The van der Waals surface area contributed by atoms with Crippen LogP contribution in [0.4, 0.5) is 0 Å². The quantitative estimate of drug-likeness (QED) is 0.129. The number of benzene rings is 1. The fourth-order valence-electron chi connectivity index (χ4n) is 3.39. The summed E-state index contributed by atoms with van der Waals surface area (Å²) >= 11 is 1.47. The van der Waals surface area contributed by atoms with Gasteiger partial charge < -0.3 is 37.6 Å². The minimum atomic E-state index is -1.43. The lowest BCUT2D eigenvalue weighted by atomic mass is 10.0. The number of carbonyl (C=O) groups is 4. The van der Waals surface area contributed by atoms with Crippen LogP contribution in [0.5, 0.6) is 0 Å². The van der Waals surface area contributed by atoms with Gasteiger partial charge in [-0.1, -0.05) is 36.8 Å². The lowest BCUT2D eigenvalue weighted by Crippen LogP contribution is -2.60. The highest BCUT2D eigenvalue weighted by molar-refractivity contribution is 7.98. The summed E-state index contributed by atoms with van der Waals surface area (Å²) < 4.78 is 0. The van der Waals surface area contributed by atoms with Crippen molar-refractivity contribution in [2.75, 3.05) is 18.6 Å². The average molecular weight is 526 g/mol. The highest BCUT2D eigenvalue weighted by Gasteiger charge is 2.32. The Bertz CT molecular complexity index is 842. The second-order valence-corrected chi connectivity index (χ2v) is 9.54. The lowest BCUT2D eigenvalue weighted by molar-refractivity contribution is -0.143. The van der Waals surface area contributed by atoms with E-state index in [4.69, 9.17) is 11.5 Å². The maximum Gasteiger partial charge on any atom is 0.326 e. The molecule has 0 spiro atoms. The highest BCUT2D eigenvalue weighted by atomic mass is 32.2. The fraction of sp³-hybridized carbons (Fsp3) is 0.583. The van der Waals surface area contributed by atoms with Gasteiger partial charge in [-0.2, -0.15) is 11.8 Å². The lowest BCUT2D eigenvalue weighted by Gasteiger charge is -2.26. The van der Waals surface area contributed by atoms with E-state index >= 15 is 0 Å². The van der Waals surface area contributed by atoms with Gasteiger partial charge in [0.05, 0.1) is 12.1 Å². The van der Waals surface area contributed by atoms with Crippen molar-refractivity contribution in [3.63, 3.8) is 0 Å². The van der Waals surface area contributed by atoms with E-state index in [9.17, 15) is 29.4 Å². The molecule has 0 aliphatic heterocycles. The monoisotopic (exact) mass is 525 g/mol. The number of unbranched alkanes of at least 4 members (excludes halogenated alkanes) is 1. The van der Waals surface area contributed by atoms with E-state index in [0.29, 0.717) is 30.7 Å². The molecule has 0 bridgehead atoms. The van der Waals surface area contributed by atoms with Crippen LogP contribution in [-0.2, 0) is 25.6 Å². The molecular weight excluding hydrogens is 486 g/mol. The molecule has 0 aliphatic carbocycles. The molecule has 0 radical (unpaired) electrons. The molecule has 36 heavy (non-hydrogen) atoms. The standard InChI is InChI=1S/C24H39N5O6S/c1-15(30)20(23(33)28-19(24(34)35)14-16-8-4-3-5-9-16)29-22(32)18(11-13-36-2)27-21(31)17(26)10-6-7-12-25/h3-5,8-9,15,17-20,30H,6-7,10-14,25-26H2,1-2H3,(H,27,31)(H,28,33)(H,29,32)(H,34,35). The summed E-state index contributed by atoms with van der Waals surface area (Å²) in [6.07, 6.45) is 2.63. The molecule has 1 aromatic carbocycles. The Balaban J connectivity index is 2.89. The van der Waals surface area contributed by atoms with Crippen molar-refractivity contribution in [2.45, 2.75) is 69.3 Å². The zero-order valence-corrected chi connectivity index (χ0v) is 21.6. The molecule has 1 rings (SSSR count). The van der Waals surface area contributed by atoms with E-state index in [1.165, 1.54) is 18.7 Å². The van der Waals surface area contributed by atoms with E-state index in [1.807, 2.05) is 6.26 Å². The summed E-state index contributed by atoms with van der Waals surface area (Å²) in [5.74, 6) is -2.74. The molecule has 0 aromatic heterocycles. The number of nitrogens with one attached hydrogen (secondary N) is 3. The summed E-state index contributed by atoms with van der Waals surface area (Å²) in [6, 6.07) is 4.26. The van der Waals surface area contributed by atoms with Gasteiger partial charge in [0.25, 0.3) is 0 Å². The van der Waals surface area contributed by atoms with E-state index < -0.39 is 54.0 Å². The van der Waals surface area contributed by atoms with Crippen molar-refractivity contribution in [1.29, 1.82) is 0 Å². The Hall–Kier alpha value is -2.67. The smallest absolute Gasteiger partial charge is 0.326 e. The number of thioether (sulfide) groups is 1. The van der Waals surface area contributed by atoms with Gasteiger partial charge in [0.1, 0.15) is 18.1 Å². The largest absolute Gasteiger partial charge is 0.480 e. The number of hydrogen-bond donors (Lipinski definition) is 7. The van der Waals surface area contributed by atoms with Gasteiger partial charge in [-0.25, -0.2) is 4.79 Å². The van der Waals surface area contributed by atoms with Crippen molar-refractivity contribution in [2.24, 2.45) is 11.5 Å². The maximum absolute atomic E-state index is 13.0. The first kappa shape index (κ1) is 31.4. The summed E-state index contributed by atoms with van der Waals surface area (Å²) in [5, 5.41) is 27.2. The summed E-state index contributed by atoms with van der Waals surface area (Å²) in [4.78, 5) is 50.1. The molecule has 3 amide bonds. The number of aliphatic hydroxyl groups excluding tert-OH is 1. The van der Waals surface area contributed by atoms with Crippen molar-refractivity contribution >= 4 is 35.5 Å². The van der Waals surface area contributed by atoms with Crippen molar-refractivity contribution in [1.82, 2.24) is 16.0 Å². The number of aliphatic carboxylic acids is 1. The first-order valence-corrected chi connectivity index (χ1v) is 13.3. The molecule has 11 nitrogen and oxygen atoms in total. The van der Waals surface area contributed by atoms with E-state index in [0.717, 1.165) is 6.42 Å². The number of rotatable bonds is 17. The van der Waals surface area contributed by atoms with Gasteiger partial charge in [-0.15, -0.1) is 0 Å². The average Bonchev–Trinajstić information content (AvgIpc) is 2.84. The fourth-order valence-corrected chi connectivity index (χ4v) is 3.86. The van der Waals surface area contributed by atoms with E-state index in [2.05, 4.69) is 16.0 Å². The molecule has 0 saturated carbocycles. The highest BCUT2D eigenvalue weighted by Crippen LogP contribution is 2.07. The van der Waals surface area contributed by atoms with Crippen LogP contribution in [0.3, 0.4) is 0 Å². The summed E-state index contributed by atoms with van der Waals surface area (Å²) in [5.41, 5.74) is 12.1. The zero-order chi connectivity index (χ0) is 27.1. The number of carboxylic acids is 1. The predicted molar refractivity (Wildman–Crippen MR) is 139 cm³/mol. The Labute approximate surface area is 216 Å². The van der Waals surface area contributed by atoms with Crippen LogP contribution >= 0.6 is 11.8 Å². The molecule has 0 fully saturated rings. The minimum Gasteiger partial charge on any atom is -0.480 e. The molecular formula is C24H39N5O6S. The van der Waals surface area contributed by atoms with Gasteiger partial charge in [-0.3, -0.25) is 14.4 Å². The topological polar surface area (TPSA) is 197 Å². The molecule has 0 heterocycles. The van der Waals surface area contributed by atoms with E-state index in [-0.39, 0.29) is 12.8 Å². The number of hydrogen-bond acceptors (Lipinski definition) is 8. The molecule has 1 aromatic rings. The number of amides is 3. The Morgan fingerprint density at radius 2 is 1.58 bits per heavy atom. The second-order valence-electron chi connectivity index (χ2n) is 8.55. The first-order valence-electron chi connectivity index (χ1n) is 11.9. The van der Waals surface area contributed by atoms with Gasteiger partial charge in [0.2, 0.25) is 17.7 Å². The van der Waals surface area contributed by atoms with Crippen LogP contribution < -0.4 is 27.4 Å². The third-order valence-electron chi connectivity index (χ3n) is 5.51. The summed E-state index contributed by atoms with van der Waals surface area (Å²) in [6.45, 7) is 1.80. The van der Waals surface area contributed by atoms with Crippen LogP contribution in [-0.4, -0.2) is 82.7 Å². The Morgan fingerprint density at radius 3 is 2.14 bits per heavy atom. The van der Waals surface area contributed by atoms with Crippen molar-refractivity contribution in [3.05, 3.63) is 35.9 Å². The molecule has 5 unspecified atom stereocenters. The third kappa shape index (κ3) is 11.4. The van der Waals surface area contributed by atoms with Gasteiger partial charge >= 0.3 is 5.97 Å². The van der Waals surface area contributed by atoms with E-state index in [1.54, 1.807) is 30.3 Å². The molecule has 9 N–H and O–H groups in total. The Morgan fingerprint density at radius 1 is 0.944 bits per heavy atom. The molecule has 202 valence electrons. The van der Waals surface area contributed by atoms with Gasteiger partial charge in [0.15, 0.2) is 0 Å². The molecule has 0 saturated heterocycles. The van der Waals surface area contributed by atoms with Gasteiger partial charge in [-0.05, 0) is 50.3 Å². The third-order valence-corrected chi connectivity index (χ3v) is 6.15. The van der Waals surface area contributed by atoms with Crippen LogP contribution in [0, 0.1) is 0 Å². The second kappa shape index (κ2) is 16.9. The zero-order valence-electron chi connectivity index (χ0n) is 20.8. The SMILES string of the molecule is CSCCC(NC(=O)C(N)CCCCN)C(=O)NC(C(=O)NC(Cc1ccccc1)C(=O)O)C(C)O. The number of aliphatic hydroxyl groups is 1. The molecule has 5 atom stereocenters. The number of carbonyl (C=O) groups excluding carboxylic acids is 3. The Kier molecular flexibility index (Phi) is 14.7. The number of nitrogens with two attached hydrogens (primary N) is 2. The molecule has 0 aliphatic rings. The maximum atomic E-state index is 13.0. The van der Waals surface area contributed by atoms with Crippen LogP contribution in [0.2, 0.25) is 0 Å².